The van der Waals surface area contributed by atoms with Crippen LogP contribution in [0.1, 0.15) is 63.3 Å². The molecule has 0 bridgehead atoms. The molecule has 0 saturated carbocycles. The first-order valence-electron chi connectivity index (χ1n) is 7.33. The van der Waals surface area contributed by atoms with E-state index in [9.17, 15) is 0 Å². The SMILES string of the molecule is CCCNC(c1cc(C)c(C)cc1Cl)C(C)(C)CC. The summed E-state index contributed by atoms with van der Waals surface area (Å²) in [6.45, 7) is 14.4. The average Bonchev–Trinajstić information content (AvgIpc) is 2.35. The lowest BCUT2D eigenvalue weighted by atomic mass is 9.77. The highest BCUT2D eigenvalue weighted by Crippen LogP contribution is 2.39. The van der Waals surface area contributed by atoms with Crippen LogP contribution in [0.3, 0.4) is 0 Å². The zero-order valence-corrected chi connectivity index (χ0v) is 14.0. The summed E-state index contributed by atoms with van der Waals surface area (Å²) in [5.74, 6) is 0. The number of nitrogens with one attached hydrogen (secondary N) is 1. The molecule has 1 aromatic rings. The van der Waals surface area contributed by atoms with Gasteiger partial charge >= 0.3 is 0 Å². The Balaban J connectivity index is 3.21. The Morgan fingerprint density at radius 1 is 1.16 bits per heavy atom. The predicted octanol–water partition coefficient (Wildman–Crippen LogP) is 5.43. The van der Waals surface area contributed by atoms with Crippen molar-refractivity contribution in [3.8, 4) is 0 Å². The summed E-state index contributed by atoms with van der Waals surface area (Å²) in [6.07, 6.45) is 2.26. The number of halogens is 1. The van der Waals surface area contributed by atoms with Crippen molar-refractivity contribution in [2.24, 2.45) is 5.41 Å². The second kappa shape index (κ2) is 6.76. The minimum absolute atomic E-state index is 0.195. The summed E-state index contributed by atoms with van der Waals surface area (Å²) >= 11 is 6.50. The van der Waals surface area contributed by atoms with E-state index in [4.69, 9.17) is 11.6 Å². The summed E-state index contributed by atoms with van der Waals surface area (Å²) in [5, 5.41) is 4.57. The molecular weight excluding hydrogens is 254 g/mol. The third kappa shape index (κ3) is 3.97. The van der Waals surface area contributed by atoms with Gasteiger partial charge in [-0.15, -0.1) is 0 Å². The first-order chi connectivity index (χ1) is 8.83. The van der Waals surface area contributed by atoms with Crippen LogP contribution in [-0.2, 0) is 0 Å². The quantitative estimate of drug-likeness (QED) is 0.733. The molecule has 1 N–H and O–H groups in total. The largest absolute Gasteiger partial charge is 0.309 e. The summed E-state index contributed by atoms with van der Waals surface area (Å²) in [7, 11) is 0. The molecule has 1 atom stereocenters. The van der Waals surface area contributed by atoms with Gasteiger partial charge in [0.05, 0.1) is 0 Å². The highest BCUT2D eigenvalue weighted by atomic mass is 35.5. The maximum atomic E-state index is 6.50. The van der Waals surface area contributed by atoms with E-state index in [1.807, 2.05) is 0 Å². The second-order valence-corrected chi connectivity index (χ2v) is 6.59. The summed E-state index contributed by atoms with van der Waals surface area (Å²) in [5.41, 5.74) is 4.01. The molecule has 0 aromatic heterocycles. The maximum absolute atomic E-state index is 6.50. The Kier molecular flexibility index (Phi) is 5.88. The van der Waals surface area contributed by atoms with Gasteiger partial charge in [-0.05, 0) is 61.4 Å². The Hall–Kier alpha value is -0.530. The van der Waals surface area contributed by atoms with Gasteiger partial charge in [0.1, 0.15) is 0 Å². The molecule has 0 fully saturated rings. The average molecular weight is 282 g/mol. The van der Waals surface area contributed by atoms with Crippen LogP contribution in [0.2, 0.25) is 5.02 Å². The van der Waals surface area contributed by atoms with Crippen LogP contribution in [-0.4, -0.2) is 6.54 Å². The van der Waals surface area contributed by atoms with Gasteiger partial charge in [0, 0.05) is 11.1 Å². The van der Waals surface area contributed by atoms with Crippen LogP contribution in [0.5, 0.6) is 0 Å². The summed E-state index contributed by atoms with van der Waals surface area (Å²) in [6, 6.07) is 4.66. The maximum Gasteiger partial charge on any atom is 0.0456 e. The van der Waals surface area contributed by atoms with E-state index in [-0.39, 0.29) is 5.41 Å². The van der Waals surface area contributed by atoms with Crippen molar-refractivity contribution in [2.75, 3.05) is 6.54 Å². The topological polar surface area (TPSA) is 12.0 Å². The minimum Gasteiger partial charge on any atom is -0.309 e. The standard InChI is InChI=1S/C17H28ClN/c1-7-9-19-16(17(5,6)8-2)14-10-12(3)13(4)11-15(14)18/h10-11,16,19H,7-9H2,1-6H3. The van der Waals surface area contributed by atoms with E-state index < -0.39 is 0 Å². The molecule has 0 spiro atoms. The van der Waals surface area contributed by atoms with E-state index in [0.29, 0.717) is 6.04 Å². The van der Waals surface area contributed by atoms with Crippen molar-refractivity contribution in [1.29, 1.82) is 0 Å². The molecule has 0 radical (unpaired) electrons. The molecule has 0 aliphatic rings. The Labute approximate surface area is 123 Å². The number of hydrogen-bond donors (Lipinski definition) is 1. The van der Waals surface area contributed by atoms with Gasteiger partial charge < -0.3 is 5.32 Å². The van der Waals surface area contributed by atoms with Gasteiger partial charge in [0.25, 0.3) is 0 Å². The van der Waals surface area contributed by atoms with Crippen molar-refractivity contribution >= 4 is 11.6 Å². The van der Waals surface area contributed by atoms with Gasteiger partial charge in [-0.1, -0.05) is 45.4 Å². The van der Waals surface area contributed by atoms with Crippen LogP contribution in [0.25, 0.3) is 0 Å². The summed E-state index contributed by atoms with van der Waals surface area (Å²) < 4.78 is 0. The number of aryl methyl sites for hydroxylation is 2. The normalized spacial score (nSPS) is 13.6. The number of benzene rings is 1. The fourth-order valence-corrected chi connectivity index (χ4v) is 2.65. The Morgan fingerprint density at radius 3 is 2.26 bits per heavy atom. The molecular formula is C17H28ClN. The lowest BCUT2D eigenvalue weighted by Crippen LogP contribution is -2.34. The minimum atomic E-state index is 0.195. The van der Waals surface area contributed by atoms with Gasteiger partial charge in [-0.3, -0.25) is 0 Å². The van der Waals surface area contributed by atoms with Crippen molar-refractivity contribution in [2.45, 2.75) is 60.4 Å². The van der Waals surface area contributed by atoms with E-state index in [0.717, 1.165) is 24.4 Å². The van der Waals surface area contributed by atoms with Crippen molar-refractivity contribution in [1.82, 2.24) is 5.32 Å². The first-order valence-corrected chi connectivity index (χ1v) is 7.71. The van der Waals surface area contributed by atoms with Gasteiger partial charge in [-0.2, -0.15) is 0 Å². The monoisotopic (exact) mass is 281 g/mol. The van der Waals surface area contributed by atoms with Crippen molar-refractivity contribution in [3.05, 3.63) is 33.8 Å². The van der Waals surface area contributed by atoms with Gasteiger partial charge in [-0.25, -0.2) is 0 Å². The van der Waals surface area contributed by atoms with Crippen LogP contribution in [0, 0.1) is 19.3 Å². The fourth-order valence-electron chi connectivity index (χ4n) is 2.32. The molecule has 0 aliphatic heterocycles. The number of rotatable bonds is 6. The molecule has 0 heterocycles. The van der Waals surface area contributed by atoms with Crippen LogP contribution >= 0.6 is 11.6 Å². The van der Waals surface area contributed by atoms with Crippen molar-refractivity contribution in [3.63, 3.8) is 0 Å². The predicted molar refractivity (Wildman–Crippen MR) is 86.0 cm³/mol. The molecule has 0 amide bonds. The van der Waals surface area contributed by atoms with Crippen LogP contribution < -0.4 is 5.32 Å². The molecule has 1 nitrogen and oxygen atoms in total. The third-order valence-corrected chi connectivity index (χ3v) is 4.54. The second-order valence-electron chi connectivity index (χ2n) is 6.19. The summed E-state index contributed by atoms with van der Waals surface area (Å²) in [4.78, 5) is 0. The molecule has 0 aliphatic carbocycles. The molecule has 108 valence electrons. The van der Waals surface area contributed by atoms with E-state index in [2.05, 4.69) is 59.0 Å². The van der Waals surface area contributed by atoms with Gasteiger partial charge in [0.15, 0.2) is 0 Å². The first kappa shape index (κ1) is 16.5. The highest BCUT2D eigenvalue weighted by Gasteiger charge is 2.30. The molecule has 1 aromatic carbocycles. The third-order valence-electron chi connectivity index (χ3n) is 4.22. The lowest BCUT2D eigenvalue weighted by molar-refractivity contribution is 0.235. The zero-order chi connectivity index (χ0) is 14.6. The van der Waals surface area contributed by atoms with E-state index in [1.165, 1.54) is 16.7 Å². The highest BCUT2D eigenvalue weighted by molar-refractivity contribution is 6.31. The fraction of sp³-hybridized carbons (Fsp3) is 0.647. The lowest BCUT2D eigenvalue weighted by Gasteiger charge is -2.35. The molecule has 1 unspecified atom stereocenters. The van der Waals surface area contributed by atoms with Crippen LogP contribution in [0.4, 0.5) is 0 Å². The molecule has 1 rings (SSSR count). The molecule has 0 saturated heterocycles. The Morgan fingerprint density at radius 2 is 1.74 bits per heavy atom. The van der Waals surface area contributed by atoms with E-state index >= 15 is 0 Å². The molecule has 19 heavy (non-hydrogen) atoms. The molecule has 2 heteroatoms. The van der Waals surface area contributed by atoms with Gasteiger partial charge in [0.2, 0.25) is 0 Å². The zero-order valence-electron chi connectivity index (χ0n) is 13.2. The van der Waals surface area contributed by atoms with Crippen LogP contribution in [0.15, 0.2) is 12.1 Å². The van der Waals surface area contributed by atoms with E-state index in [1.54, 1.807) is 0 Å². The number of hydrogen-bond acceptors (Lipinski definition) is 1. The van der Waals surface area contributed by atoms with Crippen molar-refractivity contribution < 1.29 is 0 Å². The Bertz CT molecular complexity index is 424. The smallest absolute Gasteiger partial charge is 0.0456 e.